The highest BCUT2D eigenvalue weighted by Crippen LogP contribution is 2.20. The Bertz CT molecular complexity index is 849. The molecule has 1 aliphatic heterocycles. The van der Waals surface area contributed by atoms with Crippen LogP contribution in [0.15, 0.2) is 48.5 Å². The number of nitrogens with one attached hydrogen (secondary N) is 3. The van der Waals surface area contributed by atoms with Crippen LogP contribution in [0.5, 0.6) is 5.75 Å². The number of piperidine rings is 1. The molecule has 0 radical (unpaired) electrons. The van der Waals surface area contributed by atoms with Crippen molar-refractivity contribution in [2.75, 3.05) is 32.2 Å². The summed E-state index contributed by atoms with van der Waals surface area (Å²) in [6.45, 7) is 8.89. The summed E-state index contributed by atoms with van der Waals surface area (Å²) in [5, 5.41) is 4.79. The molecule has 7 heteroatoms. The maximum atomic E-state index is 13.3. The fourth-order valence-electron chi connectivity index (χ4n) is 3.78. The largest absolute Gasteiger partial charge is 0.493 e. The van der Waals surface area contributed by atoms with E-state index in [4.69, 9.17) is 4.74 Å². The van der Waals surface area contributed by atoms with Gasteiger partial charge in [0.1, 0.15) is 11.6 Å². The van der Waals surface area contributed by atoms with E-state index in [1.54, 1.807) is 17.1 Å². The van der Waals surface area contributed by atoms with Crippen molar-refractivity contribution in [1.82, 2.24) is 10.3 Å². The maximum Gasteiger partial charge on any atom is 0.336 e. The van der Waals surface area contributed by atoms with E-state index in [1.165, 1.54) is 17.0 Å². The fraction of sp³-hybridized carbons (Fsp3) is 0.480. The number of quaternary nitrogens is 1. The van der Waals surface area contributed by atoms with Crippen LogP contribution >= 0.6 is 0 Å². The molecule has 1 atom stereocenters. The molecular formula is C25H36FN4O2+. The van der Waals surface area contributed by atoms with E-state index >= 15 is 0 Å². The number of hydrogen-bond donors (Lipinski definition) is 3. The van der Waals surface area contributed by atoms with Crippen molar-refractivity contribution in [3.63, 3.8) is 0 Å². The highest BCUT2D eigenvalue weighted by Gasteiger charge is 2.30. The first kappa shape index (κ1) is 23.9. The van der Waals surface area contributed by atoms with E-state index in [0.717, 1.165) is 37.2 Å². The number of hydrogen-bond acceptors (Lipinski definition) is 3. The van der Waals surface area contributed by atoms with Gasteiger partial charge in [-0.2, -0.15) is 0 Å². The average Bonchev–Trinajstić information content (AvgIpc) is 2.78. The zero-order valence-electron chi connectivity index (χ0n) is 19.5. The highest BCUT2D eigenvalue weighted by atomic mass is 19.1. The molecule has 0 saturated carbocycles. The monoisotopic (exact) mass is 443 g/mol. The maximum absolute atomic E-state index is 13.3. The molecule has 0 bridgehead atoms. The average molecular weight is 444 g/mol. The van der Waals surface area contributed by atoms with E-state index in [1.807, 2.05) is 31.2 Å². The number of anilines is 1. The summed E-state index contributed by atoms with van der Waals surface area (Å²) in [6, 6.07) is 13.6. The summed E-state index contributed by atoms with van der Waals surface area (Å²) in [5.41, 5.74) is 4.90. The number of halogens is 1. The van der Waals surface area contributed by atoms with E-state index in [0.29, 0.717) is 18.2 Å². The molecular weight excluding hydrogens is 407 g/mol. The molecule has 1 aliphatic rings. The van der Waals surface area contributed by atoms with Crippen molar-refractivity contribution in [3.8, 4) is 5.75 Å². The number of carbonyl (C=O) groups excluding carboxylic acids is 1. The Morgan fingerprint density at radius 3 is 2.31 bits per heavy atom. The number of carbonyl (C=O) groups is 1. The second kappa shape index (κ2) is 11.2. The Balaban J connectivity index is 1.67. The topological polar surface area (TPSA) is 58.0 Å². The lowest BCUT2D eigenvalue weighted by molar-refractivity contribution is -0.885. The smallest absolute Gasteiger partial charge is 0.336 e. The molecule has 1 unspecified atom stereocenters. The molecule has 2 amide bonds. The Kier molecular flexibility index (Phi) is 8.33. The molecule has 1 heterocycles. The van der Waals surface area contributed by atoms with Gasteiger partial charge in [0.15, 0.2) is 0 Å². The van der Waals surface area contributed by atoms with Crippen LogP contribution in [0.2, 0.25) is 0 Å². The van der Waals surface area contributed by atoms with Crippen LogP contribution in [0.4, 0.5) is 14.9 Å². The first-order valence-corrected chi connectivity index (χ1v) is 11.5. The summed E-state index contributed by atoms with van der Waals surface area (Å²) in [6.07, 6.45) is 1.81. The minimum atomic E-state index is -0.302. The highest BCUT2D eigenvalue weighted by molar-refractivity contribution is 5.76. The molecule has 6 nitrogen and oxygen atoms in total. The van der Waals surface area contributed by atoms with Crippen molar-refractivity contribution in [2.24, 2.45) is 5.92 Å². The number of rotatable bonds is 8. The lowest BCUT2D eigenvalue weighted by atomic mass is 10.0. The van der Waals surface area contributed by atoms with Gasteiger partial charge >= 0.3 is 6.03 Å². The summed E-state index contributed by atoms with van der Waals surface area (Å²) in [4.78, 5) is 14.7. The third-order valence-corrected chi connectivity index (χ3v) is 5.79. The number of ether oxygens (including phenoxy) is 1. The van der Waals surface area contributed by atoms with E-state index in [-0.39, 0.29) is 23.9 Å². The van der Waals surface area contributed by atoms with Crippen LogP contribution in [-0.4, -0.2) is 43.8 Å². The third-order valence-electron chi connectivity index (χ3n) is 5.79. The number of benzene rings is 2. The van der Waals surface area contributed by atoms with Crippen molar-refractivity contribution in [3.05, 3.63) is 59.9 Å². The molecule has 2 aromatic carbocycles. The minimum Gasteiger partial charge on any atom is -0.493 e. The van der Waals surface area contributed by atoms with Gasteiger partial charge in [-0.1, -0.05) is 26.0 Å². The van der Waals surface area contributed by atoms with Gasteiger partial charge in [-0.15, -0.1) is 0 Å². The van der Waals surface area contributed by atoms with Gasteiger partial charge in [0, 0.05) is 12.8 Å². The fourth-order valence-corrected chi connectivity index (χ4v) is 3.78. The molecule has 0 spiro atoms. The SMILES string of the molecule is CC(C)COc1ccc(C(C)NC(=O)N(Nc2ccc(F)cc2)C2CC[NH+](C)CC2)cc1. The van der Waals surface area contributed by atoms with Gasteiger partial charge < -0.3 is 15.0 Å². The summed E-state index contributed by atoms with van der Waals surface area (Å²) >= 11 is 0. The Morgan fingerprint density at radius 2 is 1.72 bits per heavy atom. The van der Waals surface area contributed by atoms with Gasteiger partial charge in [0.2, 0.25) is 0 Å². The molecule has 0 aliphatic carbocycles. The van der Waals surface area contributed by atoms with Crippen molar-refractivity contribution >= 4 is 11.7 Å². The van der Waals surface area contributed by atoms with Gasteiger partial charge in [-0.3, -0.25) is 5.43 Å². The van der Waals surface area contributed by atoms with Gasteiger partial charge in [-0.25, -0.2) is 14.2 Å². The molecule has 3 N–H and O–H groups in total. The van der Waals surface area contributed by atoms with Crippen molar-refractivity contribution in [1.29, 1.82) is 0 Å². The second-order valence-electron chi connectivity index (χ2n) is 9.12. The van der Waals surface area contributed by atoms with Gasteiger partial charge in [-0.05, 0) is 54.8 Å². The second-order valence-corrected chi connectivity index (χ2v) is 9.12. The predicted octanol–water partition coefficient (Wildman–Crippen LogP) is 3.64. The normalized spacial score (nSPS) is 19.3. The van der Waals surface area contributed by atoms with Crippen LogP contribution in [0, 0.1) is 11.7 Å². The first-order valence-electron chi connectivity index (χ1n) is 11.5. The van der Waals surface area contributed by atoms with Crippen molar-refractivity contribution < 1.29 is 18.8 Å². The Morgan fingerprint density at radius 1 is 1.09 bits per heavy atom. The molecule has 2 aromatic rings. The van der Waals surface area contributed by atoms with Crippen LogP contribution in [0.1, 0.15) is 45.2 Å². The molecule has 1 fully saturated rings. The number of likely N-dealkylation sites (tertiary alicyclic amines) is 1. The van der Waals surface area contributed by atoms with E-state index in [2.05, 4.69) is 31.6 Å². The molecule has 3 rings (SSSR count). The van der Waals surface area contributed by atoms with Crippen LogP contribution < -0.4 is 20.4 Å². The molecule has 0 aromatic heterocycles. The van der Waals surface area contributed by atoms with E-state index in [9.17, 15) is 9.18 Å². The van der Waals surface area contributed by atoms with Gasteiger partial charge in [0.05, 0.1) is 44.5 Å². The van der Waals surface area contributed by atoms with Crippen LogP contribution in [0.25, 0.3) is 0 Å². The van der Waals surface area contributed by atoms with E-state index < -0.39 is 0 Å². The minimum absolute atomic E-state index is 0.0720. The third kappa shape index (κ3) is 6.85. The molecule has 32 heavy (non-hydrogen) atoms. The lowest BCUT2D eigenvalue weighted by Crippen LogP contribution is -3.10. The quantitative estimate of drug-likeness (QED) is 0.546. The lowest BCUT2D eigenvalue weighted by Gasteiger charge is -2.36. The predicted molar refractivity (Wildman–Crippen MR) is 125 cm³/mol. The number of hydrazine groups is 1. The number of urea groups is 1. The standard InChI is InChI=1S/C25H35FN4O2/c1-18(2)17-32-24-11-5-20(6-12-24)19(3)27-25(31)30(23-13-15-29(4)16-14-23)28-22-9-7-21(26)8-10-22/h5-12,18-19,23,28H,13-17H2,1-4H3,(H,27,31)/p+1. The van der Waals surface area contributed by atoms with Crippen LogP contribution in [0.3, 0.4) is 0 Å². The summed E-state index contributed by atoms with van der Waals surface area (Å²) < 4.78 is 19.1. The number of amides is 2. The van der Waals surface area contributed by atoms with Gasteiger partial charge in [0.25, 0.3) is 0 Å². The summed E-state index contributed by atoms with van der Waals surface area (Å²) in [7, 11) is 2.17. The Hall–Kier alpha value is -2.80. The van der Waals surface area contributed by atoms with Crippen molar-refractivity contribution in [2.45, 2.75) is 45.7 Å². The Labute approximate surface area is 190 Å². The first-order chi connectivity index (χ1) is 15.3. The zero-order chi connectivity index (χ0) is 23.1. The van der Waals surface area contributed by atoms with Crippen LogP contribution in [-0.2, 0) is 0 Å². The zero-order valence-corrected chi connectivity index (χ0v) is 19.5. The molecule has 1 saturated heterocycles. The summed E-state index contributed by atoms with van der Waals surface area (Å²) in [5.74, 6) is 0.993. The molecule has 174 valence electrons. The number of nitrogens with zero attached hydrogens (tertiary/aromatic N) is 1.